The van der Waals surface area contributed by atoms with Gasteiger partial charge in [-0.15, -0.1) is 0 Å². The van der Waals surface area contributed by atoms with Crippen molar-refractivity contribution in [3.05, 3.63) is 41.3 Å². The number of aliphatic hydroxyl groups excluding tert-OH is 1. The summed E-state index contributed by atoms with van der Waals surface area (Å²) >= 11 is 1.72. The molecule has 0 aromatic heterocycles. The quantitative estimate of drug-likeness (QED) is 0.610. The van der Waals surface area contributed by atoms with Gasteiger partial charge >= 0.3 is 0 Å². The zero-order valence-corrected chi connectivity index (χ0v) is 13.0. The number of rotatable bonds is 9. The van der Waals surface area contributed by atoms with Crippen LogP contribution >= 0.6 is 11.8 Å². The maximum Gasteiger partial charge on any atom is 0.0758 e. The monoisotopic (exact) mass is 278 g/mol. The van der Waals surface area contributed by atoms with Crippen LogP contribution in [-0.4, -0.2) is 11.2 Å². The highest BCUT2D eigenvalue weighted by Gasteiger charge is 2.10. The van der Waals surface area contributed by atoms with E-state index in [9.17, 15) is 5.11 Å². The highest BCUT2D eigenvalue weighted by atomic mass is 32.2. The van der Waals surface area contributed by atoms with Crippen molar-refractivity contribution in [1.29, 1.82) is 0 Å². The van der Waals surface area contributed by atoms with E-state index in [0.717, 1.165) is 32.1 Å². The van der Waals surface area contributed by atoms with Gasteiger partial charge in [0.05, 0.1) is 6.10 Å². The average molecular weight is 278 g/mol. The summed E-state index contributed by atoms with van der Waals surface area (Å²) in [6.45, 7) is 4.36. The third-order valence-corrected chi connectivity index (χ3v) is 4.13. The van der Waals surface area contributed by atoms with Crippen molar-refractivity contribution in [2.75, 3.05) is 0 Å². The standard InChI is InChI=1S/C17H26OS/c1-3-5-10-15(17(18)13-6-4-2)14-19-16-11-8-7-9-12-16/h7-9,11-12,14,17-18H,3-6,10,13H2,1-2H3/b15-14-. The van der Waals surface area contributed by atoms with Crippen LogP contribution in [0.15, 0.2) is 46.2 Å². The Kier molecular flexibility index (Phi) is 8.68. The van der Waals surface area contributed by atoms with Crippen LogP contribution in [0.1, 0.15) is 52.4 Å². The van der Waals surface area contributed by atoms with Crippen LogP contribution in [0.3, 0.4) is 0 Å². The minimum Gasteiger partial charge on any atom is -0.389 e. The van der Waals surface area contributed by atoms with Crippen LogP contribution in [0.25, 0.3) is 0 Å². The number of unbranched alkanes of at least 4 members (excludes halogenated alkanes) is 2. The maximum absolute atomic E-state index is 10.3. The highest BCUT2D eigenvalue weighted by Crippen LogP contribution is 2.25. The smallest absolute Gasteiger partial charge is 0.0758 e. The Morgan fingerprint density at radius 2 is 1.84 bits per heavy atom. The van der Waals surface area contributed by atoms with Gasteiger partial charge in [0.2, 0.25) is 0 Å². The second-order valence-electron chi connectivity index (χ2n) is 4.89. The molecule has 0 heterocycles. The van der Waals surface area contributed by atoms with Gasteiger partial charge in [0.25, 0.3) is 0 Å². The van der Waals surface area contributed by atoms with E-state index in [0.29, 0.717) is 0 Å². The van der Waals surface area contributed by atoms with Gasteiger partial charge in [0.15, 0.2) is 0 Å². The summed E-state index contributed by atoms with van der Waals surface area (Å²) in [7, 11) is 0. The van der Waals surface area contributed by atoms with Gasteiger partial charge in [-0.3, -0.25) is 0 Å². The van der Waals surface area contributed by atoms with E-state index in [2.05, 4.69) is 43.5 Å². The normalized spacial score (nSPS) is 13.5. The van der Waals surface area contributed by atoms with Crippen LogP contribution in [0.2, 0.25) is 0 Å². The molecule has 1 aromatic rings. The predicted octanol–water partition coefficient (Wildman–Crippen LogP) is 5.40. The van der Waals surface area contributed by atoms with Crippen molar-refractivity contribution in [3.63, 3.8) is 0 Å². The lowest BCUT2D eigenvalue weighted by Crippen LogP contribution is -2.10. The molecule has 0 amide bonds. The molecule has 0 aliphatic carbocycles. The Balaban J connectivity index is 2.61. The van der Waals surface area contributed by atoms with E-state index in [1.807, 2.05) is 6.07 Å². The molecular formula is C17H26OS. The molecule has 0 saturated heterocycles. The van der Waals surface area contributed by atoms with E-state index in [4.69, 9.17) is 0 Å². The van der Waals surface area contributed by atoms with Crippen molar-refractivity contribution >= 4 is 11.8 Å². The molecule has 0 fully saturated rings. The summed E-state index contributed by atoms with van der Waals surface area (Å²) in [5, 5.41) is 12.4. The van der Waals surface area contributed by atoms with Crippen LogP contribution in [0, 0.1) is 0 Å². The van der Waals surface area contributed by atoms with Crippen molar-refractivity contribution < 1.29 is 5.11 Å². The first kappa shape index (κ1) is 16.3. The van der Waals surface area contributed by atoms with E-state index < -0.39 is 0 Å². The molecular weight excluding hydrogens is 252 g/mol. The SMILES string of the molecule is CCCC/C(=C/Sc1ccccc1)C(O)CCCC. The van der Waals surface area contributed by atoms with E-state index in [1.165, 1.54) is 16.9 Å². The van der Waals surface area contributed by atoms with Crippen molar-refractivity contribution in [2.45, 2.75) is 63.4 Å². The van der Waals surface area contributed by atoms with Crippen LogP contribution in [0.4, 0.5) is 0 Å². The van der Waals surface area contributed by atoms with Gasteiger partial charge in [-0.1, -0.05) is 63.1 Å². The van der Waals surface area contributed by atoms with Crippen molar-refractivity contribution in [3.8, 4) is 0 Å². The number of thioether (sulfide) groups is 1. The molecule has 0 radical (unpaired) electrons. The summed E-state index contributed by atoms with van der Waals surface area (Å²) in [6.07, 6.45) is 6.22. The third-order valence-electron chi connectivity index (χ3n) is 3.17. The topological polar surface area (TPSA) is 20.2 Å². The first-order valence-electron chi connectivity index (χ1n) is 7.36. The fourth-order valence-corrected chi connectivity index (χ4v) is 2.79. The van der Waals surface area contributed by atoms with Crippen LogP contribution in [0.5, 0.6) is 0 Å². The number of hydrogen-bond donors (Lipinski definition) is 1. The second-order valence-corrected chi connectivity index (χ2v) is 5.83. The molecule has 0 bridgehead atoms. The predicted molar refractivity (Wildman–Crippen MR) is 85.4 cm³/mol. The molecule has 1 rings (SSSR count). The minimum absolute atomic E-state index is 0.261. The Hall–Kier alpha value is -0.730. The molecule has 2 heteroatoms. The lowest BCUT2D eigenvalue weighted by molar-refractivity contribution is 0.192. The highest BCUT2D eigenvalue weighted by molar-refractivity contribution is 8.02. The van der Waals surface area contributed by atoms with Crippen molar-refractivity contribution in [2.24, 2.45) is 0 Å². The third kappa shape index (κ3) is 6.84. The number of aliphatic hydroxyl groups is 1. The molecule has 1 unspecified atom stereocenters. The number of benzene rings is 1. The molecule has 0 spiro atoms. The average Bonchev–Trinajstić information content (AvgIpc) is 2.46. The lowest BCUT2D eigenvalue weighted by atomic mass is 10.0. The van der Waals surface area contributed by atoms with Gasteiger partial charge in [0.1, 0.15) is 0 Å². The summed E-state index contributed by atoms with van der Waals surface area (Å²) in [5.74, 6) is 0. The molecule has 0 saturated carbocycles. The van der Waals surface area contributed by atoms with Crippen LogP contribution < -0.4 is 0 Å². The largest absolute Gasteiger partial charge is 0.389 e. The fourth-order valence-electron chi connectivity index (χ4n) is 1.91. The fraction of sp³-hybridized carbons (Fsp3) is 0.529. The van der Waals surface area contributed by atoms with Gasteiger partial charge in [-0.2, -0.15) is 0 Å². The molecule has 1 N–H and O–H groups in total. The van der Waals surface area contributed by atoms with Gasteiger partial charge < -0.3 is 5.11 Å². The molecule has 106 valence electrons. The first-order valence-corrected chi connectivity index (χ1v) is 8.24. The molecule has 0 aliphatic rings. The Morgan fingerprint density at radius 3 is 2.47 bits per heavy atom. The number of hydrogen-bond acceptors (Lipinski definition) is 2. The molecule has 1 nitrogen and oxygen atoms in total. The second kappa shape index (κ2) is 10.1. The molecule has 1 aromatic carbocycles. The molecule has 19 heavy (non-hydrogen) atoms. The Bertz CT molecular complexity index is 359. The van der Waals surface area contributed by atoms with Gasteiger partial charge in [-0.25, -0.2) is 0 Å². The van der Waals surface area contributed by atoms with E-state index >= 15 is 0 Å². The summed E-state index contributed by atoms with van der Waals surface area (Å²) in [6, 6.07) is 10.3. The molecule has 0 aliphatic heterocycles. The Morgan fingerprint density at radius 1 is 1.16 bits per heavy atom. The lowest BCUT2D eigenvalue weighted by Gasteiger charge is -2.14. The summed E-state index contributed by atoms with van der Waals surface area (Å²) < 4.78 is 0. The minimum atomic E-state index is -0.261. The van der Waals surface area contributed by atoms with Crippen LogP contribution in [-0.2, 0) is 0 Å². The van der Waals surface area contributed by atoms with Gasteiger partial charge in [0, 0.05) is 4.90 Å². The molecule has 1 atom stereocenters. The van der Waals surface area contributed by atoms with Crippen molar-refractivity contribution in [1.82, 2.24) is 0 Å². The Labute approximate surface area is 122 Å². The van der Waals surface area contributed by atoms with Gasteiger partial charge in [-0.05, 0) is 42.4 Å². The first-order chi connectivity index (χ1) is 9.27. The zero-order valence-electron chi connectivity index (χ0n) is 12.1. The summed E-state index contributed by atoms with van der Waals surface area (Å²) in [4.78, 5) is 1.24. The maximum atomic E-state index is 10.3. The van der Waals surface area contributed by atoms with E-state index in [1.54, 1.807) is 11.8 Å². The zero-order chi connectivity index (χ0) is 13.9. The summed E-state index contributed by atoms with van der Waals surface area (Å²) in [5.41, 5.74) is 1.20. The van der Waals surface area contributed by atoms with E-state index in [-0.39, 0.29) is 6.10 Å².